The van der Waals surface area contributed by atoms with Crippen LogP contribution in [0, 0.1) is 5.92 Å². The molecule has 0 nitrogen and oxygen atoms in total. The van der Waals surface area contributed by atoms with Crippen molar-refractivity contribution in [2.45, 2.75) is 0 Å². The summed E-state index contributed by atoms with van der Waals surface area (Å²) in [5.74, 6) is 1.47. The van der Waals surface area contributed by atoms with Crippen LogP contribution in [0.3, 0.4) is 0 Å². The molecule has 0 aliphatic heterocycles. The zero-order valence-corrected chi connectivity index (χ0v) is 20.6. The van der Waals surface area contributed by atoms with Gasteiger partial charge in [0.2, 0.25) is 0 Å². The van der Waals surface area contributed by atoms with Gasteiger partial charge in [-0.3, -0.25) is 0 Å². The third-order valence-electron chi connectivity index (χ3n) is 3.27. The van der Waals surface area contributed by atoms with Gasteiger partial charge in [0, 0.05) is 0 Å². The van der Waals surface area contributed by atoms with Crippen LogP contribution >= 0.6 is 33.5 Å². The molecule has 0 unspecified atom stereocenters. The fraction of sp³-hybridized carbons (Fsp3) is 0.143. The molecule has 0 aliphatic carbocycles. The molecule has 3 rings (SSSR count). The van der Waals surface area contributed by atoms with Crippen molar-refractivity contribution in [2.75, 3.05) is 19.5 Å². The van der Waals surface area contributed by atoms with E-state index in [9.17, 15) is 0 Å². The second-order valence-electron chi connectivity index (χ2n) is 5.62. The number of benzene rings is 2. The monoisotopic (exact) mass is 501 g/mol. The van der Waals surface area contributed by atoms with E-state index in [1.807, 2.05) is 30.3 Å². The second-order valence-corrected chi connectivity index (χ2v) is 19.3. The van der Waals surface area contributed by atoms with Crippen LogP contribution in [0.25, 0.3) is 0 Å². The van der Waals surface area contributed by atoms with E-state index < -0.39 is 18.2 Å². The van der Waals surface area contributed by atoms with Crippen LogP contribution in [0.5, 0.6) is 0 Å². The van der Waals surface area contributed by atoms with E-state index in [0.29, 0.717) is 0 Å². The molecule has 0 saturated carbocycles. The molecule has 0 N–H and O–H groups in total. The van der Waals surface area contributed by atoms with Crippen molar-refractivity contribution in [1.82, 2.24) is 0 Å². The first kappa shape index (κ1) is 23.9. The fourth-order valence-corrected chi connectivity index (χ4v) is 3.26. The van der Waals surface area contributed by atoms with Gasteiger partial charge in [0.1, 0.15) is 0 Å². The van der Waals surface area contributed by atoms with Gasteiger partial charge in [-0.1, -0.05) is 36.4 Å². The number of rotatable bonds is 4. The topological polar surface area (TPSA) is 0 Å². The predicted octanol–water partition coefficient (Wildman–Crippen LogP) is 7.87. The normalized spacial score (nSPS) is 9.46. The molecule has 139 valence electrons. The molecule has 0 amide bonds. The van der Waals surface area contributed by atoms with Crippen molar-refractivity contribution in [1.29, 1.82) is 0 Å². The Labute approximate surface area is 177 Å². The van der Waals surface area contributed by atoms with Crippen molar-refractivity contribution in [3.63, 3.8) is 0 Å². The van der Waals surface area contributed by atoms with Crippen LogP contribution in [0.1, 0.15) is 11.1 Å². The molecule has 0 atom stereocenters. The van der Waals surface area contributed by atoms with Gasteiger partial charge in [-0.05, 0) is 19.5 Å². The standard InChI is InChI=1S/C16H18P.C5H5.3ClH.Zr/c1-17(2)13-16(14-9-5-3-6-10-14)15-11-7-4-8-12-15;1-2-4-5-3-1;;;;/h3-12H,13H2,1-2H3;1-5H;3*1H;/q2*-1;;;;+3/p-3. The first-order valence-electron chi connectivity index (χ1n) is 8.12. The molecule has 0 fully saturated rings. The molecule has 0 aliphatic rings. The quantitative estimate of drug-likeness (QED) is 0.251. The van der Waals surface area contributed by atoms with Crippen molar-refractivity contribution < 1.29 is 18.2 Å². The van der Waals surface area contributed by atoms with E-state index in [1.165, 1.54) is 23.2 Å². The van der Waals surface area contributed by atoms with Crippen LogP contribution in [0.15, 0.2) is 91.0 Å². The van der Waals surface area contributed by atoms with Gasteiger partial charge >= 0.3 is 43.7 Å². The van der Waals surface area contributed by atoms with E-state index >= 15 is 0 Å². The van der Waals surface area contributed by atoms with Gasteiger partial charge in [0.05, 0.1) is 0 Å². The molecule has 3 aromatic rings. The Kier molecular flexibility index (Phi) is 13.6. The maximum absolute atomic E-state index is 5.00. The summed E-state index contributed by atoms with van der Waals surface area (Å²) < 4.78 is 0. The smallest absolute Gasteiger partial charge is 0.172 e. The molecule has 0 spiro atoms. The van der Waals surface area contributed by atoms with Crippen LogP contribution in [0.4, 0.5) is 0 Å². The Balaban J connectivity index is 0.000000309. The van der Waals surface area contributed by atoms with E-state index in [4.69, 9.17) is 25.5 Å². The number of hydrogen-bond acceptors (Lipinski definition) is 0. The number of halogens is 3. The Bertz CT molecular complexity index is 599. The summed E-state index contributed by atoms with van der Waals surface area (Å²) in [7, 11) is 15.1. The van der Waals surface area contributed by atoms with Crippen molar-refractivity contribution in [2.24, 2.45) is 0 Å². The van der Waals surface area contributed by atoms with Crippen LogP contribution in [-0.2, 0) is 18.2 Å². The molecule has 0 heterocycles. The number of hydrogen-bond donors (Lipinski definition) is 0. The van der Waals surface area contributed by atoms with Gasteiger partial charge in [0.25, 0.3) is 0 Å². The van der Waals surface area contributed by atoms with E-state index in [0.717, 1.165) is 0 Å². The third-order valence-corrected chi connectivity index (χ3v) is 4.22. The summed E-state index contributed by atoms with van der Waals surface area (Å²) in [6.45, 7) is 4.67. The largest absolute Gasteiger partial charge is 0.214 e. The molecule has 0 radical (unpaired) electrons. The summed E-state index contributed by atoms with van der Waals surface area (Å²) in [5.41, 5.74) is 2.71. The first-order valence-corrected chi connectivity index (χ1v) is 20.0. The minimum absolute atomic E-state index is 0.0759. The Morgan fingerprint density at radius 3 is 1.42 bits per heavy atom. The minimum atomic E-state index is -2.13. The average molecular weight is 504 g/mol. The van der Waals surface area contributed by atoms with Gasteiger partial charge in [-0.25, -0.2) is 12.1 Å². The molecular formula is C21H23Cl3PZr-2. The zero-order valence-electron chi connectivity index (χ0n) is 14.9. The molecule has 26 heavy (non-hydrogen) atoms. The maximum Gasteiger partial charge on any atom is -0.172 e. The fourth-order valence-electron chi connectivity index (χ4n) is 2.26. The zero-order chi connectivity index (χ0) is 19.2. The SMILES string of the molecule is CP(C)C[C-](c1ccccc1)c1ccccc1.[Cl][Zr]([Cl])[Cl].c1cc[cH-]c1. The predicted molar refractivity (Wildman–Crippen MR) is 118 cm³/mol. The van der Waals surface area contributed by atoms with E-state index in [2.05, 4.69) is 74.0 Å². The van der Waals surface area contributed by atoms with Gasteiger partial charge < -0.3 is 0 Å². The summed E-state index contributed by atoms with van der Waals surface area (Å²) in [6.07, 6.45) is 1.18. The van der Waals surface area contributed by atoms with Crippen LogP contribution in [-0.4, -0.2) is 19.5 Å². The Morgan fingerprint density at radius 1 is 0.769 bits per heavy atom. The first-order chi connectivity index (χ1) is 12.5. The molecule has 0 aromatic heterocycles. The molecule has 5 heteroatoms. The minimum Gasteiger partial charge on any atom is -0.214 e. The van der Waals surface area contributed by atoms with E-state index in [1.54, 1.807) is 0 Å². The van der Waals surface area contributed by atoms with Gasteiger partial charge in [0.15, 0.2) is 0 Å². The Hall–Kier alpha value is -0.157. The van der Waals surface area contributed by atoms with Crippen LogP contribution in [0.2, 0.25) is 0 Å². The summed E-state index contributed by atoms with van der Waals surface area (Å²) >= 11 is -2.13. The Morgan fingerprint density at radius 2 is 1.15 bits per heavy atom. The summed E-state index contributed by atoms with van der Waals surface area (Å²) in [6, 6.07) is 31.5. The second kappa shape index (κ2) is 14.8. The molecule has 0 bridgehead atoms. The molecule has 0 saturated heterocycles. The van der Waals surface area contributed by atoms with Crippen molar-refractivity contribution in [3.8, 4) is 0 Å². The molecule has 3 aromatic carbocycles. The third kappa shape index (κ3) is 11.5. The van der Waals surface area contributed by atoms with Gasteiger partial charge in [-0.2, -0.15) is 18.2 Å². The average Bonchev–Trinajstić information content (AvgIpc) is 3.20. The molecular weight excluding hydrogens is 481 g/mol. The van der Waals surface area contributed by atoms with Crippen LogP contribution < -0.4 is 0 Å². The summed E-state index contributed by atoms with van der Waals surface area (Å²) in [5, 5.41) is 0. The van der Waals surface area contributed by atoms with E-state index in [-0.39, 0.29) is 7.92 Å². The van der Waals surface area contributed by atoms with Gasteiger partial charge in [-0.15, -0.1) is 49.2 Å². The summed E-state index contributed by atoms with van der Waals surface area (Å²) in [4.78, 5) is 0. The van der Waals surface area contributed by atoms with Crippen molar-refractivity contribution >= 4 is 33.5 Å². The van der Waals surface area contributed by atoms with Crippen molar-refractivity contribution in [3.05, 3.63) is 108 Å². The maximum atomic E-state index is 5.00.